The molecule has 0 unspecified atom stereocenters. The van der Waals surface area contributed by atoms with Gasteiger partial charge in [-0.05, 0) is 24.3 Å². The molecule has 0 aliphatic rings. The van der Waals surface area contributed by atoms with Crippen LogP contribution in [0.3, 0.4) is 0 Å². The molecule has 28 heavy (non-hydrogen) atoms. The summed E-state index contributed by atoms with van der Waals surface area (Å²) in [5.74, 6) is -0.755. The van der Waals surface area contributed by atoms with Crippen molar-refractivity contribution in [2.24, 2.45) is 5.10 Å². The van der Waals surface area contributed by atoms with E-state index in [0.717, 1.165) is 0 Å². The third-order valence-corrected chi connectivity index (χ3v) is 4.33. The largest absolute Gasteiger partial charge is 0.493 e. The first-order valence-corrected chi connectivity index (χ1v) is 8.55. The van der Waals surface area contributed by atoms with Crippen LogP contribution in [0.5, 0.6) is 17.2 Å². The fourth-order valence-corrected chi connectivity index (χ4v) is 2.56. The predicted molar refractivity (Wildman–Crippen MR) is 107 cm³/mol. The maximum Gasteiger partial charge on any atom is 0.329 e. The summed E-state index contributed by atoms with van der Waals surface area (Å²) in [6, 6.07) is 7.96. The van der Waals surface area contributed by atoms with E-state index in [1.54, 1.807) is 24.3 Å². The van der Waals surface area contributed by atoms with Crippen molar-refractivity contribution in [2.75, 3.05) is 26.6 Å². The molecule has 2 aromatic rings. The van der Waals surface area contributed by atoms with Crippen LogP contribution in [0.2, 0.25) is 10.0 Å². The molecule has 10 heteroatoms. The number of hydrogen-bond acceptors (Lipinski definition) is 6. The lowest BCUT2D eigenvalue weighted by Gasteiger charge is -2.13. The Morgan fingerprint density at radius 3 is 2.32 bits per heavy atom. The zero-order chi connectivity index (χ0) is 20.7. The second kappa shape index (κ2) is 9.82. The van der Waals surface area contributed by atoms with Crippen LogP contribution in [-0.2, 0) is 9.59 Å². The number of rotatable bonds is 6. The second-order valence-electron chi connectivity index (χ2n) is 5.18. The van der Waals surface area contributed by atoms with Gasteiger partial charge in [-0.15, -0.1) is 0 Å². The third kappa shape index (κ3) is 4.85. The number of benzene rings is 2. The van der Waals surface area contributed by atoms with Gasteiger partial charge in [0, 0.05) is 5.56 Å². The topological polar surface area (TPSA) is 98.2 Å². The van der Waals surface area contributed by atoms with E-state index < -0.39 is 11.8 Å². The van der Waals surface area contributed by atoms with Crippen LogP contribution in [0.4, 0.5) is 5.69 Å². The molecule has 0 fully saturated rings. The van der Waals surface area contributed by atoms with E-state index in [1.165, 1.54) is 33.6 Å². The number of halogens is 2. The molecule has 8 nitrogen and oxygen atoms in total. The van der Waals surface area contributed by atoms with Crippen LogP contribution >= 0.6 is 23.2 Å². The van der Waals surface area contributed by atoms with Gasteiger partial charge < -0.3 is 19.5 Å². The highest BCUT2D eigenvalue weighted by Gasteiger charge is 2.17. The van der Waals surface area contributed by atoms with Crippen molar-refractivity contribution in [1.82, 2.24) is 5.43 Å². The summed E-state index contributed by atoms with van der Waals surface area (Å²) in [5, 5.41) is 6.49. The van der Waals surface area contributed by atoms with E-state index in [2.05, 4.69) is 15.8 Å². The van der Waals surface area contributed by atoms with Crippen LogP contribution in [-0.4, -0.2) is 39.4 Å². The van der Waals surface area contributed by atoms with Crippen molar-refractivity contribution in [3.8, 4) is 17.2 Å². The number of carbonyl (C=O) groups excluding carboxylic acids is 2. The van der Waals surface area contributed by atoms with Gasteiger partial charge >= 0.3 is 11.8 Å². The molecule has 0 heterocycles. The van der Waals surface area contributed by atoms with Crippen LogP contribution in [0, 0.1) is 0 Å². The minimum atomic E-state index is -0.994. The van der Waals surface area contributed by atoms with Gasteiger partial charge in [0.25, 0.3) is 0 Å². The lowest BCUT2D eigenvalue weighted by molar-refractivity contribution is -0.136. The number of nitrogens with zero attached hydrogens (tertiary/aromatic N) is 1. The number of anilines is 1. The average Bonchev–Trinajstić information content (AvgIpc) is 2.70. The number of methoxy groups -OCH3 is 3. The summed E-state index contributed by atoms with van der Waals surface area (Å²) >= 11 is 11.8. The Balaban J connectivity index is 2.09. The maximum atomic E-state index is 12.0. The minimum Gasteiger partial charge on any atom is -0.493 e. The van der Waals surface area contributed by atoms with Gasteiger partial charge in [-0.3, -0.25) is 9.59 Å². The fourth-order valence-electron chi connectivity index (χ4n) is 2.22. The smallest absolute Gasteiger partial charge is 0.329 e. The van der Waals surface area contributed by atoms with E-state index in [9.17, 15) is 9.59 Å². The predicted octanol–water partition coefficient (Wildman–Crippen LogP) is 3.11. The van der Waals surface area contributed by atoms with Gasteiger partial charge in [0.1, 0.15) is 0 Å². The monoisotopic (exact) mass is 425 g/mol. The van der Waals surface area contributed by atoms with Crippen LogP contribution < -0.4 is 25.0 Å². The van der Waals surface area contributed by atoms with Crippen molar-refractivity contribution in [3.63, 3.8) is 0 Å². The fraction of sp³-hybridized carbons (Fsp3) is 0.167. The summed E-state index contributed by atoms with van der Waals surface area (Å²) in [4.78, 5) is 23.9. The van der Waals surface area contributed by atoms with Gasteiger partial charge in [0.2, 0.25) is 5.75 Å². The van der Waals surface area contributed by atoms with Crippen LogP contribution in [0.1, 0.15) is 5.56 Å². The molecule has 0 saturated heterocycles. The van der Waals surface area contributed by atoms with Crippen molar-refractivity contribution in [2.45, 2.75) is 0 Å². The summed E-state index contributed by atoms with van der Waals surface area (Å²) in [6.45, 7) is 0. The highest BCUT2D eigenvalue weighted by molar-refractivity contribution is 6.45. The van der Waals surface area contributed by atoms with E-state index in [4.69, 9.17) is 37.4 Å². The maximum absolute atomic E-state index is 12.0. The van der Waals surface area contributed by atoms with Crippen molar-refractivity contribution in [1.29, 1.82) is 0 Å². The van der Waals surface area contributed by atoms with Gasteiger partial charge in [0.15, 0.2) is 11.5 Å². The number of ether oxygens (including phenoxy) is 3. The summed E-state index contributed by atoms with van der Waals surface area (Å²) in [5.41, 5.74) is 2.82. The van der Waals surface area contributed by atoms with Gasteiger partial charge in [-0.25, -0.2) is 5.43 Å². The molecule has 0 spiro atoms. The van der Waals surface area contributed by atoms with Gasteiger partial charge in [-0.1, -0.05) is 29.3 Å². The molecule has 0 atom stereocenters. The molecule has 0 aromatic heterocycles. The molecule has 0 saturated carbocycles. The molecule has 2 amide bonds. The Bertz CT molecular complexity index is 918. The Morgan fingerprint density at radius 2 is 1.68 bits per heavy atom. The Labute approximate surface area is 171 Å². The van der Waals surface area contributed by atoms with E-state index >= 15 is 0 Å². The molecule has 2 rings (SSSR count). The normalized spacial score (nSPS) is 10.5. The summed E-state index contributed by atoms with van der Waals surface area (Å²) in [6.07, 6.45) is 1.30. The highest BCUT2D eigenvalue weighted by Crippen LogP contribution is 2.39. The molecule has 2 aromatic carbocycles. The second-order valence-corrected chi connectivity index (χ2v) is 5.96. The molecule has 0 aliphatic heterocycles. The molecule has 0 radical (unpaired) electrons. The van der Waals surface area contributed by atoms with Crippen LogP contribution in [0.25, 0.3) is 0 Å². The van der Waals surface area contributed by atoms with Crippen molar-refractivity contribution in [3.05, 3.63) is 45.9 Å². The van der Waals surface area contributed by atoms with Crippen LogP contribution in [0.15, 0.2) is 35.4 Å². The standard InChI is InChI=1S/C18H17Cl2N3O5/c1-26-13-8-7-10(15(27-2)16(13)28-3)9-21-23-18(25)17(24)22-12-6-4-5-11(19)14(12)20/h4-9H,1-3H3,(H,22,24)(H,23,25)/b21-9+. The SMILES string of the molecule is COc1ccc(/C=N/NC(=O)C(=O)Nc2cccc(Cl)c2Cl)c(OC)c1OC. The summed E-state index contributed by atoms with van der Waals surface area (Å²) in [7, 11) is 4.42. The Kier molecular flexibility index (Phi) is 7.48. The van der Waals surface area contributed by atoms with Crippen molar-refractivity contribution < 1.29 is 23.8 Å². The molecule has 2 N–H and O–H groups in total. The first-order chi connectivity index (χ1) is 13.4. The number of nitrogens with one attached hydrogen (secondary N) is 2. The molecular formula is C18H17Cl2N3O5. The summed E-state index contributed by atoms with van der Waals surface area (Å²) < 4.78 is 15.8. The van der Waals surface area contributed by atoms with Gasteiger partial charge in [-0.2, -0.15) is 5.10 Å². The molecule has 148 valence electrons. The number of carbonyl (C=O) groups is 2. The number of amides is 2. The number of hydrogen-bond donors (Lipinski definition) is 2. The lowest BCUT2D eigenvalue weighted by atomic mass is 10.2. The zero-order valence-corrected chi connectivity index (χ0v) is 16.7. The Morgan fingerprint density at radius 1 is 0.964 bits per heavy atom. The van der Waals surface area contributed by atoms with E-state index in [-0.39, 0.29) is 15.7 Å². The average molecular weight is 426 g/mol. The zero-order valence-electron chi connectivity index (χ0n) is 15.2. The highest BCUT2D eigenvalue weighted by atomic mass is 35.5. The van der Waals surface area contributed by atoms with Gasteiger partial charge in [0.05, 0.1) is 43.3 Å². The first-order valence-electron chi connectivity index (χ1n) is 7.80. The Hall–Kier alpha value is -2.97. The van der Waals surface area contributed by atoms with E-state index in [0.29, 0.717) is 22.8 Å². The van der Waals surface area contributed by atoms with Crippen molar-refractivity contribution >= 4 is 46.9 Å². The lowest BCUT2D eigenvalue weighted by Crippen LogP contribution is -2.32. The third-order valence-electron chi connectivity index (χ3n) is 3.51. The minimum absolute atomic E-state index is 0.129. The number of hydrazone groups is 1. The molecular weight excluding hydrogens is 409 g/mol. The van der Waals surface area contributed by atoms with E-state index in [1.807, 2.05) is 0 Å². The first kappa shape index (κ1) is 21.3. The quantitative estimate of drug-likeness (QED) is 0.420. The molecule has 0 aliphatic carbocycles. The molecule has 0 bridgehead atoms.